The van der Waals surface area contributed by atoms with Gasteiger partial charge in [-0.25, -0.2) is 4.98 Å². The van der Waals surface area contributed by atoms with Crippen molar-refractivity contribution in [2.45, 2.75) is 12.8 Å². The maximum atomic E-state index is 12.2. The lowest BCUT2D eigenvalue weighted by Crippen LogP contribution is -2.05. The second kappa shape index (κ2) is 6.44. The van der Waals surface area contributed by atoms with E-state index in [1.807, 2.05) is 0 Å². The summed E-state index contributed by atoms with van der Waals surface area (Å²) in [5.41, 5.74) is 2.35. The first-order valence-electron chi connectivity index (χ1n) is 7.21. The number of benzene rings is 2. The van der Waals surface area contributed by atoms with Crippen molar-refractivity contribution in [3.05, 3.63) is 60.0 Å². The highest BCUT2D eigenvalue weighted by Gasteiger charge is 2.13. The predicted molar refractivity (Wildman–Crippen MR) is 84.9 cm³/mol. The van der Waals surface area contributed by atoms with Crippen LogP contribution in [-0.4, -0.2) is 23.7 Å². The molecule has 1 aromatic heterocycles. The van der Waals surface area contributed by atoms with Crippen molar-refractivity contribution in [3.8, 4) is 5.75 Å². The van der Waals surface area contributed by atoms with Gasteiger partial charge in [-0.15, -0.1) is 0 Å². The Hall–Kier alpha value is -2.95. The molecule has 0 radical (unpaired) electrons. The molecule has 0 saturated heterocycles. The summed E-state index contributed by atoms with van der Waals surface area (Å²) < 4.78 is 10.2. The standard InChI is InChI=1S/C18H15NO4/c1-22-14-4-2-3-12(9-14)16(20)6-7-17(21)13-5-8-18-15(10-13)19-11-23-18/h2-5,8-11H,6-7H2,1H3. The van der Waals surface area contributed by atoms with Gasteiger partial charge in [-0.05, 0) is 30.3 Å². The van der Waals surface area contributed by atoms with E-state index in [0.717, 1.165) is 0 Å². The number of nitrogens with zero attached hydrogens (tertiary/aromatic N) is 1. The van der Waals surface area contributed by atoms with Crippen LogP contribution in [0.5, 0.6) is 5.75 Å². The Morgan fingerprint density at radius 2 is 1.78 bits per heavy atom. The summed E-state index contributed by atoms with van der Waals surface area (Å²) in [5, 5.41) is 0. The highest BCUT2D eigenvalue weighted by Crippen LogP contribution is 2.18. The molecule has 0 aliphatic rings. The van der Waals surface area contributed by atoms with Crippen LogP contribution >= 0.6 is 0 Å². The molecule has 0 atom stereocenters. The average Bonchev–Trinajstić information content (AvgIpc) is 3.07. The van der Waals surface area contributed by atoms with Gasteiger partial charge in [0.1, 0.15) is 11.3 Å². The SMILES string of the molecule is COc1cccc(C(=O)CCC(=O)c2ccc3ocnc3c2)c1. The van der Waals surface area contributed by atoms with Gasteiger partial charge in [0.25, 0.3) is 0 Å². The zero-order valence-electron chi connectivity index (χ0n) is 12.6. The number of Topliss-reactive ketones (excluding diaryl/α,β-unsaturated/α-hetero) is 2. The Balaban J connectivity index is 1.66. The van der Waals surface area contributed by atoms with Gasteiger partial charge in [0.05, 0.1) is 7.11 Å². The minimum atomic E-state index is -0.0915. The molecule has 23 heavy (non-hydrogen) atoms. The van der Waals surface area contributed by atoms with Gasteiger partial charge in [-0.1, -0.05) is 12.1 Å². The minimum absolute atomic E-state index is 0.0836. The summed E-state index contributed by atoms with van der Waals surface area (Å²) >= 11 is 0. The third-order valence-electron chi connectivity index (χ3n) is 3.62. The second-order valence-corrected chi connectivity index (χ2v) is 5.11. The summed E-state index contributed by atoms with van der Waals surface area (Å²) in [6.45, 7) is 0. The van der Waals surface area contributed by atoms with Crippen LogP contribution in [0.2, 0.25) is 0 Å². The summed E-state index contributed by atoms with van der Waals surface area (Å²) in [6, 6.07) is 12.0. The van der Waals surface area contributed by atoms with E-state index in [1.54, 1.807) is 49.6 Å². The summed E-state index contributed by atoms with van der Waals surface area (Å²) in [7, 11) is 1.55. The molecule has 5 nitrogen and oxygen atoms in total. The maximum Gasteiger partial charge on any atom is 0.181 e. The molecule has 0 bridgehead atoms. The van der Waals surface area contributed by atoms with Crippen molar-refractivity contribution in [2.75, 3.05) is 7.11 Å². The van der Waals surface area contributed by atoms with Crippen molar-refractivity contribution in [1.29, 1.82) is 0 Å². The fourth-order valence-corrected chi connectivity index (χ4v) is 2.34. The van der Waals surface area contributed by atoms with E-state index in [1.165, 1.54) is 6.39 Å². The fraction of sp³-hybridized carbons (Fsp3) is 0.167. The van der Waals surface area contributed by atoms with Crippen LogP contribution in [0.1, 0.15) is 33.6 Å². The van der Waals surface area contributed by atoms with Crippen molar-refractivity contribution >= 4 is 22.7 Å². The van der Waals surface area contributed by atoms with E-state index in [4.69, 9.17) is 9.15 Å². The van der Waals surface area contributed by atoms with Crippen molar-refractivity contribution in [1.82, 2.24) is 4.98 Å². The van der Waals surface area contributed by atoms with E-state index in [-0.39, 0.29) is 24.4 Å². The highest BCUT2D eigenvalue weighted by atomic mass is 16.5. The van der Waals surface area contributed by atoms with Crippen LogP contribution in [0.3, 0.4) is 0 Å². The third kappa shape index (κ3) is 3.29. The number of rotatable bonds is 6. The number of methoxy groups -OCH3 is 1. The van der Waals surface area contributed by atoms with Crippen LogP contribution in [0.4, 0.5) is 0 Å². The van der Waals surface area contributed by atoms with Crippen molar-refractivity contribution in [3.63, 3.8) is 0 Å². The minimum Gasteiger partial charge on any atom is -0.497 e. The predicted octanol–water partition coefficient (Wildman–Crippen LogP) is 3.68. The van der Waals surface area contributed by atoms with E-state index in [2.05, 4.69) is 4.98 Å². The number of carbonyl (C=O) groups is 2. The monoisotopic (exact) mass is 309 g/mol. The molecule has 0 spiro atoms. The molecule has 0 N–H and O–H groups in total. The van der Waals surface area contributed by atoms with E-state index in [0.29, 0.717) is 28.0 Å². The molecule has 1 heterocycles. The van der Waals surface area contributed by atoms with E-state index >= 15 is 0 Å². The summed E-state index contributed by atoms with van der Waals surface area (Å²) in [5.74, 6) is 0.449. The lowest BCUT2D eigenvalue weighted by atomic mass is 10.0. The largest absolute Gasteiger partial charge is 0.497 e. The highest BCUT2D eigenvalue weighted by molar-refractivity contribution is 6.03. The molecule has 5 heteroatoms. The van der Waals surface area contributed by atoms with Crippen molar-refractivity contribution < 1.29 is 18.7 Å². The number of ether oxygens (including phenoxy) is 1. The van der Waals surface area contributed by atoms with Gasteiger partial charge in [-0.3, -0.25) is 9.59 Å². The number of carbonyl (C=O) groups excluding carboxylic acids is 2. The molecular formula is C18H15NO4. The number of aromatic nitrogens is 1. The topological polar surface area (TPSA) is 69.4 Å². The molecular weight excluding hydrogens is 294 g/mol. The first-order chi connectivity index (χ1) is 11.2. The molecule has 0 saturated carbocycles. The van der Waals surface area contributed by atoms with Gasteiger partial charge >= 0.3 is 0 Å². The van der Waals surface area contributed by atoms with Gasteiger partial charge < -0.3 is 9.15 Å². The van der Waals surface area contributed by atoms with Gasteiger partial charge in [0, 0.05) is 24.0 Å². The number of ketones is 2. The summed E-state index contributed by atoms with van der Waals surface area (Å²) in [6.07, 6.45) is 1.65. The lowest BCUT2D eigenvalue weighted by molar-refractivity contribution is 0.0917. The number of hydrogen-bond acceptors (Lipinski definition) is 5. The first-order valence-corrected chi connectivity index (χ1v) is 7.21. The Labute approximate surface area is 132 Å². The van der Waals surface area contributed by atoms with Crippen molar-refractivity contribution in [2.24, 2.45) is 0 Å². The third-order valence-corrected chi connectivity index (χ3v) is 3.62. The zero-order valence-corrected chi connectivity index (χ0v) is 12.6. The molecule has 2 aromatic carbocycles. The molecule has 0 aliphatic carbocycles. The van der Waals surface area contributed by atoms with Crippen LogP contribution in [0.15, 0.2) is 53.3 Å². The fourth-order valence-electron chi connectivity index (χ4n) is 2.34. The van der Waals surface area contributed by atoms with Gasteiger partial charge in [0.2, 0.25) is 0 Å². The molecule has 3 rings (SSSR count). The van der Waals surface area contributed by atoms with E-state index < -0.39 is 0 Å². The Morgan fingerprint density at radius 3 is 2.52 bits per heavy atom. The Kier molecular flexibility index (Phi) is 4.19. The molecule has 0 aliphatic heterocycles. The van der Waals surface area contributed by atoms with E-state index in [9.17, 15) is 9.59 Å². The Morgan fingerprint density at radius 1 is 1.04 bits per heavy atom. The average molecular weight is 309 g/mol. The molecule has 0 unspecified atom stereocenters. The number of fused-ring (bicyclic) bond motifs is 1. The normalized spacial score (nSPS) is 10.7. The molecule has 0 fully saturated rings. The first kappa shape index (κ1) is 15.0. The van der Waals surface area contributed by atoms with Crippen LogP contribution in [0.25, 0.3) is 11.1 Å². The maximum absolute atomic E-state index is 12.2. The molecule has 0 amide bonds. The number of hydrogen-bond donors (Lipinski definition) is 0. The second-order valence-electron chi connectivity index (χ2n) is 5.11. The van der Waals surface area contributed by atoms with Crippen LogP contribution in [-0.2, 0) is 0 Å². The van der Waals surface area contributed by atoms with Crippen LogP contribution < -0.4 is 4.74 Å². The Bertz CT molecular complexity index is 866. The van der Waals surface area contributed by atoms with Gasteiger partial charge in [-0.2, -0.15) is 0 Å². The molecule has 3 aromatic rings. The van der Waals surface area contributed by atoms with Crippen LogP contribution in [0, 0.1) is 0 Å². The lowest BCUT2D eigenvalue weighted by Gasteiger charge is -2.04. The van der Waals surface area contributed by atoms with Gasteiger partial charge in [0.15, 0.2) is 23.5 Å². The summed E-state index contributed by atoms with van der Waals surface area (Å²) in [4.78, 5) is 28.4. The number of oxazole rings is 1. The zero-order chi connectivity index (χ0) is 16.2. The molecule has 116 valence electrons. The quantitative estimate of drug-likeness (QED) is 0.650. The smallest absolute Gasteiger partial charge is 0.181 e.